The van der Waals surface area contributed by atoms with Gasteiger partial charge in [0.2, 0.25) is 11.8 Å². The first-order chi connectivity index (χ1) is 10.5. The van der Waals surface area contributed by atoms with Crippen molar-refractivity contribution in [2.45, 2.75) is 39.8 Å². The van der Waals surface area contributed by atoms with E-state index in [2.05, 4.69) is 42.7 Å². The quantitative estimate of drug-likeness (QED) is 0.451. The van der Waals surface area contributed by atoms with Gasteiger partial charge in [-0.2, -0.15) is 0 Å². The predicted octanol–water partition coefficient (Wildman–Crippen LogP) is -6.31. The van der Waals surface area contributed by atoms with E-state index in [1.165, 1.54) is 0 Å². The fourth-order valence-corrected chi connectivity index (χ4v) is 2.42. The van der Waals surface area contributed by atoms with E-state index in [1.54, 1.807) is 0 Å². The maximum Gasteiger partial charge on any atom is 3.00 e. The number of pyridine rings is 1. The molecule has 1 aromatic rings. The zero-order valence-electron chi connectivity index (χ0n) is 15.2. The van der Waals surface area contributed by atoms with E-state index in [0.717, 1.165) is 11.4 Å². The minimum atomic E-state index is 0. The molecule has 0 radical (unpaired) electrons. The number of halogens is 3. The average molecular weight is 459 g/mol. The van der Waals surface area contributed by atoms with Crippen LogP contribution in [0.15, 0.2) is 28.2 Å². The first kappa shape index (κ1) is 27.8. The van der Waals surface area contributed by atoms with E-state index < -0.39 is 0 Å². The van der Waals surface area contributed by atoms with Gasteiger partial charge < -0.3 is 46.7 Å². The molecule has 0 unspecified atom stereocenters. The van der Waals surface area contributed by atoms with Crippen LogP contribution in [0.5, 0.6) is 0 Å². The summed E-state index contributed by atoms with van der Waals surface area (Å²) >= 11 is 0. The second-order valence-electron chi connectivity index (χ2n) is 6.52. The molecule has 0 amide bonds. The van der Waals surface area contributed by atoms with Gasteiger partial charge >= 0.3 is 18.6 Å². The molecule has 0 saturated carbocycles. The van der Waals surface area contributed by atoms with Gasteiger partial charge in [0.15, 0.2) is 0 Å². The Morgan fingerprint density at radius 2 is 1.19 bits per heavy atom. The van der Waals surface area contributed by atoms with Crippen LogP contribution in [0.25, 0.3) is 0 Å². The molecule has 0 N–H and O–H groups in total. The molecule has 0 saturated heterocycles. The third-order valence-electron chi connectivity index (χ3n) is 4.07. The second kappa shape index (κ2) is 12.1. The van der Waals surface area contributed by atoms with Crippen molar-refractivity contribution in [2.75, 3.05) is 13.2 Å². The third kappa shape index (κ3) is 6.31. The summed E-state index contributed by atoms with van der Waals surface area (Å²) in [4.78, 5) is 13.9. The van der Waals surface area contributed by atoms with Gasteiger partial charge in [-0.25, -0.2) is 15.0 Å². The Bertz CT molecular complexity index is 578. The molecule has 9 heteroatoms. The molecule has 2 atom stereocenters. The molecule has 3 rings (SSSR count). The molecule has 2 aliphatic rings. The van der Waals surface area contributed by atoms with Gasteiger partial charge in [0.05, 0.1) is 12.1 Å². The van der Waals surface area contributed by atoms with E-state index in [-0.39, 0.29) is 67.9 Å². The molecule has 0 bridgehead atoms. The van der Waals surface area contributed by atoms with Crippen LogP contribution in [0.4, 0.5) is 0 Å². The van der Waals surface area contributed by atoms with Gasteiger partial charge in [0.1, 0.15) is 24.6 Å². The molecular weight excluding hydrogens is 436 g/mol. The third-order valence-corrected chi connectivity index (χ3v) is 4.07. The zero-order valence-corrected chi connectivity index (χ0v) is 18.9. The molecule has 5 nitrogen and oxygen atoms in total. The summed E-state index contributed by atoms with van der Waals surface area (Å²) in [5.41, 5.74) is 1.50. The molecule has 0 fully saturated rings. The van der Waals surface area contributed by atoms with Gasteiger partial charge in [0.25, 0.3) is 0 Å². The summed E-state index contributed by atoms with van der Waals surface area (Å²) in [5, 5.41) is 0. The van der Waals surface area contributed by atoms with Gasteiger partial charge in [-0.05, 0) is 24.0 Å². The number of hydrogen-bond donors (Lipinski definition) is 0. The van der Waals surface area contributed by atoms with Crippen LogP contribution in [0.3, 0.4) is 0 Å². The average Bonchev–Trinajstić information content (AvgIpc) is 3.17. The van der Waals surface area contributed by atoms with Crippen molar-refractivity contribution in [3.05, 3.63) is 29.6 Å². The number of aromatic nitrogens is 1. The summed E-state index contributed by atoms with van der Waals surface area (Å²) in [6, 6.07) is 6.21. The Kier molecular flexibility index (Phi) is 12.9. The first-order valence-electron chi connectivity index (χ1n) is 7.93. The normalized spacial score (nSPS) is 20.5. The number of nitrogens with zero attached hydrogens (tertiary/aromatic N) is 3. The van der Waals surface area contributed by atoms with Gasteiger partial charge in [0, 0.05) is 0 Å². The van der Waals surface area contributed by atoms with E-state index in [4.69, 9.17) is 9.47 Å². The summed E-state index contributed by atoms with van der Waals surface area (Å²) in [6.45, 7) is 9.86. The molecule has 3 heterocycles. The Morgan fingerprint density at radius 1 is 0.808 bits per heavy atom. The van der Waals surface area contributed by atoms with E-state index in [0.29, 0.717) is 36.8 Å². The van der Waals surface area contributed by atoms with Gasteiger partial charge in [-0.3, -0.25) is 0 Å². The van der Waals surface area contributed by atoms with Crippen LogP contribution in [0.1, 0.15) is 39.1 Å². The minimum absolute atomic E-state index is 0. The standard InChI is InChI=1S/C17H23N3O2.3ClH.V/c1-10(2)14-8-21-16(19-14)12-6-5-7-13(18-12)17-20-15(9-22-17)11(3)4;;;;/h5-7,10-11,14-15H,8-9H2,1-4H3;3*1H;/q;;;;+3/p-3/t14-,15-;;;;/m0..../s1. The molecule has 0 aromatic carbocycles. The fourth-order valence-electron chi connectivity index (χ4n) is 2.42. The number of aliphatic imine (C=N–C) groups is 2. The van der Waals surface area contributed by atoms with E-state index in [9.17, 15) is 0 Å². The van der Waals surface area contributed by atoms with E-state index in [1.807, 2.05) is 18.2 Å². The van der Waals surface area contributed by atoms with Crippen molar-refractivity contribution in [3.63, 3.8) is 0 Å². The molecule has 144 valence electrons. The molecular formula is C17H23Cl3N3O2V. The van der Waals surface area contributed by atoms with Crippen molar-refractivity contribution in [1.29, 1.82) is 0 Å². The molecule has 1 aromatic heterocycles. The van der Waals surface area contributed by atoms with Crippen molar-refractivity contribution in [2.24, 2.45) is 21.8 Å². The molecule has 26 heavy (non-hydrogen) atoms. The Balaban J connectivity index is 0. The first-order valence-corrected chi connectivity index (χ1v) is 7.93. The van der Waals surface area contributed by atoms with E-state index >= 15 is 0 Å². The maximum atomic E-state index is 5.70. The molecule has 2 aliphatic heterocycles. The topological polar surface area (TPSA) is 56.1 Å². The SMILES string of the molecule is CC(C)[C@@H]1COC(c2cccc(C3=N[C@H](C(C)C)CO3)n2)=N1.[Cl-].[Cl-].[Cl-].[V+3]. The number of ether oxygens (including phenoxy) is 2. The maximum absolute atomic E-state index is 5.70. The zero-order chi connectivity index (χ0) is 15.7. The van der Waals surface area contributed by atoms with Crippen LogP contribution in [0, 0.1) is 11.8 Å². The molecule has 0 aliphatic carbocycles. The van der Waals surface area contributed by atoms with Crippen molar-refractivity contribution >= 4 is 11.8 Å². The van der Waals surface area contributed by atoms with Crippen molar-refractivity contribution in [3.8, 4) is 0 Å². The summed E-state index contributed by atoms with van der Waals surface area (Å²) in [7, 11) is 0. The van der Waals surface area contributed by atoms with Crippen LogP contribution >= 0.6 is 0 Å². The van der Waals surface area contributed by atoms with Crippen LogP contribution < -0.4 is 37.2 Å². The number of hydrogen-bond acceptors (Lipinski definition) is 5. The monoisotopic (exact) mass is 457 g/mol. The van der Waals surface area contributed by atoms with Gasteiger partial charge in [-0.15, -0.1) is 0 Å². The van der Waals surface area contributed by atoms with Gasteiger partial charge in [-0.1, -0.05) is 33.8 Å². The summed E-state index contributed by atoms with van der Waals surface area (Å²) in [6.07, 6.45) is 0. The van der Waals surface area contributed by atoms with Crippen molar-refractivity contribution < 1.29 is 65.3 Å². The number of rotatable bonds is 4. The Hall–Kier alpha value is -0.456. The van der Waals surface area contributed by atoms with Crippen molar-refractivity contribution in [1.82, 2.24) is 4.98 Å². The smallest absolute Gasteiger partial charge is 1.00 e. The molecule has 0 spiro atoms. The summed E-state index contributed by atoms with van der Waals surface area (Å²) < 4.78 is 11.4. The second-order valence-corrected chi connectivity index (χ2v) is 6.52. The minimum Gasteiger partial charge on any atom is -1.00 e. The van der Waals surface area contributed by atoms with Crippen LogP contribution in [-0.4, -0.2) is 42.1 Å². The van der Waals surface area contributed by atoms with Crippen LogP contribution in [-0.2, 0) is 28.0 Å². The largest absolute Gasteiger partial charge is 3.00 e. The van der Waals surface area contributed by atoms with Crippen LogP contribution in [0.2, 0.25) is 0 Å². The fraction of sp³-hybridized carbons (Fsp3) is 0.588. The Labute approximate surface area is 186 Å². The Morgan fingerprint density at radius 3 is 1.50 bits per heavy atom. The summed E-state index contributed by atoms with van der Waals surface area (Å²) in [5.74, 6) is 2.18. The predicted molar refractivity (Wildman–Crippen MR) is 86.5 cm³/mol.